The van der Waals surface area contributed by atoms with Gasteiger partial charge in [-0.3, -0.25) is 0 Å². The van der Waals surface area contributed by atoms with E-state index < -0.39 is 0 Å². The molecule has 168 valence electrons. The van der Waals surface area contributed by atoms with E-state index in [0.29, 0.717) is 23.8 Å². The van der Waals surface area contributed by atoms with Crippen LogP contribution in [-0.2, 0) is 32.1 Å². The minimum atomic E-state index is -0.247. The molecule has 0 radical (unpaired) electrons. The van der Waals surface area contributed by atoms with Crippen LogP contribution in [0.1, 0.15) is 41.2 Å². The van der Waals surface area contributed by atoms with E-state index in [9.17, 15) is 4.39 Å². The van der Waals surface area contributed by atoms with Gasteiger partial charge in [-0.25, -0.2) is 8.78 Å². The number of fused-ring (bicyclic) bond motifs is 1. The number of halogens is 2. The molecule has 0 saturated carbocycles. The van der Waals surface area contributed by atoms with Crippen LogP contribution in [-0.4, -0.2) is 0 Å². The largest absolute Gasteiger partial charge is 0.207 e. The van der Waals surface area contributed by atoms with E-state index in [1.165, 1.54) is 28.8 Å². The highest BCUT2D eigenvalue weighted by Gasteiger charge is 2.09. The van der Waals surface area contributed by atoms with Gasteiger partial charge in [-0.1, -0.05) is 78.9 Å². The summed E-state index contributed by atoms with van der Waals surface area (Å²) in [7, 11) is 0. The lowest BCUT2D eigenvalue weighted by atomic mass is 9.97. The Kier molecular flexibility index (Phi) is 7.67. The lowest BCUT2D eigenvalue weighted by Gasteiger charge is -2.09. The number of allylic oxidation sites excluding steroid dienone is 2. The molecule has 2 heteroatoms. The Morgan fingerprint density at radius 1 is 0.606 bits per heavy atom. The van der Waals surface area contributed by atoms with Crippen molar-refractivity contribution in [1.29, 1.82) is 0 Å². The third-order valence-corrected chi connectivity index (χ3v) is 6.26. The molecule has 0 heterocycles. The summed E-state index contributed by atoms with van der Waals surface area (Å²) in [5.41, 5.74) is 5.63. The smallest absolute Gasteiger partial charge is 0.134 e. The summed E-state index contributed by atoms with van der Waals surface area (Å²) < 4.78 is 28.2. The van der Waals surface area contributed by atoms with Gasteiger partial charge in [-0.15, -0.1) is 0 Å². The van der Waals surface area contributed by atoms with Gasteiger partial charge in [0.05, 0.1) is 0 Å². The molecule has 0 atom stereocenters. The van der Waals surface area contributed by atoms with Crippen LogP contribution in [0.4, 0.5) is 8.78 Å². The number of benzene rings is 4. The summed E-state index contributed by atoms with van der Waals surface area (Å²) in [6.07, 6.45) is 9.64. The van der Waals surface area contributed by atoms with Crippen LogP contribution in [0, 0.1) is 11.6 Å². The van der Waals surface area contributed by atoms with Gasteiger partial charge in [0.1, 0.15) is 11.6 Å². The van der Waals surface area contributed by atoms with Crippen molar-refractivity contribution in [3.63, 3.8) is 0 Å². The molecule has 0 aliphatic rings. The normalized spacial score (nSPS) is 11.5. The Balaban J connectivity index is 1.38. The molecule has 0 nitrogen and oxygen atoms in total. The fraction of sp³-hybridized carbons (Fsp3) is 0.226. The molecule has 4 aromatic rings. The molecule has 33 heavy (non-hydrogen) atoms. The predicted molar refractivity (Wildman–Crippen MR) is 135 cm³/mol. The van der Waals surface area contributed by atoms with Crippen molar-refractivity contribution in [2.75, 3.05) is 0 Å². The second kappa shape index (κ2) is 11.0. The second-order valence-electron chi connectivity index (χ2n) is 8.64. The van der Waals surface area contributed by atoms with Gasteiger partial charge in [0.25, 0.3) is 0 Å². The molecule has 0 saturated heterocycles. The molecular formula is C31H30F2. The number of hydrogen-bond donors (Lipinski definition) is 0. The van der Waals surface area contributed by atoms with Crippen LogP contribution < -0.4 is 0 Å². The summed E-state index contributed by atoms with van der Waals surface area (Å²) in [5.74, 6) is -0.391. The highest BCUT2D eigenvalue weighted by Crippen LogP contribution is 2.24. The van der Waals surface area contributed by atoms with E-state index in [-0.39, 0.29) is 11.6 Å². The van der Waals surface area contributed by atoms with Gasteiger partial charge in [0.15, 0.2) is 0 Å². The summed E-state index contributed by atoms with van der Waals surface area (Å²) in [5, 5.41) is 1.61. The highest BCUT2D eigenvalue weighted by atomic mass is 19.1. The maximum Gasteiger partial charge on any atom is 0.134 e. The number of aryl methyl sites for hydroxylation is 5. The minimum Gasteiger partial charge on any atom is -0.207 e. The van der Waals surface area contributed by atoms with Gasteiger partial charge in [0, 0.05) is 5.39 Å². The molecule has 0 N–H and O–H groups in total. The number of rotatable bonds is 9. The maximum atomic E-state index is 15.1. The van der Waals surface area contributed by atoms with E-state index in [4.69, 9.17) is 0 Å². The Morgan fingerprint density at radius 3 is 1.88 bits per heavy atom. The van der Waals surface area contributed by atoms with E-state index in [1.807, 2.05) is 24.3 Å². The molecule has 0 fully saturated rings. The molecular weight excluding hydrogens is 410 g/mol. The van der Waals surface area contributed by atoms with Crippen molar-refractivity contribution in [3.05, 3.63) is 130 Å². The lowest BCUT2D eigenvalue weighted by molar-refractivity contribution is 0.619. The van der Waals surface area contributed by atoms with Crippen LogP contribution in [0.25, 0.3) is 10.8 Å². The second-order valence-corrected chi connectivity index (χ2v) is 8.64. The fourth-order valence-electron chi connectivity index (χ4n) is 4.24. The van der Waals surface area contributed by atoms with Crippen LogP contribution in [0.5, 0.6) is 0 Å². The Morgan fingerprint density at radius 2 is 1.18 bits per heavy atom. The van der Waals surface area contributed by atoms with Crippen LogP contribution in [0.2, 0.25) is 0 Å². The van der Waals surface area contributed by atoms with Gasteiger partial charge in [-0.05, 0) is 90.8 Å². The van der Waals surface area contributed by atoms with Crippen molar-refractivity contribution >= 4 is 10.8 Å². The van der Waals surface area contributed by atoms with Crippen LogP contribution >= 0.6 is 0 Å². The van der Waals surface area contributed by atoms with Gasteiger partial charge < -0.3 is 0 Å². The first-order chi connectivity index (χ1) is 16.1. The zero-order chi connectivity index (χ0) is 23.0. The molecule has 0 bridgehead atoms. The first-order valence-corrected chi connectivity index (χ1v) is 11.8. The first kappa shape index (κ1) is 22.9. The summed E-state index contributed by atoms with van der Waals surface area (Å²) in [6.45, 7) is 2.05. The van der Waals surface area contributed by atoms with Gasteiger partial charge in [0.2, 0.25) is 0 Å². The monoisotopic (exact) mass is 440 g/mol. The molecule has 0 aliphatic heterocycles. The minimum absolute atomic E-state index is 0.144. The van der Waals surface area contributed by atoms with Crippen molar-refractivity contribution < 1.29 is 8.78 Å². The van der Waals surface area contributed by atoms with Gasteiger partial charge >= 0.3 is 0 Å². The van der Waals surface area contributed by atoms with E-state index >= 15 is 4.39 Å². The third kappa shape index (κ3) is 6.16. The Hall–Kier alpha value is -3.26. The van der Waals surface area contributed by atoms with Crippen molar-refractivity contribution in [2.45, 2.75) is 45.4 Å². The predicted octanol–water partition coefficient (Wildman–Crippen LogP) is 8.20. The third-order valence-electron chi connectivity index (χ3n) is 6.26. The lowest BCUT2D eigenvalue weighted by Crippen LogP contribution is -1.97. The molecule has 0 aromatic heterocycles. The van der Waals surface area contributed by atoms with E-state index in [2.05, 4.69) is 49.4 Å². The molecule has 0 aliphatic carbocycles. The fourth-order valence-corrected chi connectivity index (χ4v) is 4.24. The molecule has 0 spiro atoms. The Bertz CT molecular complexity index is 1220. The van der Waals surface area contributed by atoms with Crippen LogP contribution in [0.3, 0.4) is 0 Å². The zero-order valence-electron chi connectivity index (χ0n) is 19.2. The van der Waals surface area contributed by atoms with Gasteiger partial charge in [-0.2, -0.15) is 0 Å². The van der Waals surface area contributed by atoms with Crippen molar-refractivity contribution in [2.24, 2.45) is 0 Å². The molecule has 0 unspecified atom stereocenters. The van der Waals surface area contributed by atoms with E-state index in [0.717, 1.165) is 36.6 Å². The summed E-state index contributed by atoms with van der Waals surface area (Å²) >= 11 is 0. The quantitative estimate of drug-likeness (QED) is 0.230. The first-order valence-electron chi connectivity index (χ1n) is 11.8. The average molecular weight is 441 g/mol. The number of hydrogen-bond acceptors (Lipinski definition) is 0. The topological polar surface area (TPSA) is 0 Å². The SMILES string of the molecule is C/C=C/CCc1ccc(CCc2ccc3c(F)c(CCc4ccc(F)cc4)ccc3c2)cc1. The average Bonchev–Trinajstić information content (AvgIpc) is 2.84. The zero-order valence-corrected chi connectivity index (χ0v) is 19.2. The molecule has 4 aromatic carbocycles. The standard InChI is InChI=1S/C31H30F2/c1-2-3-4-5-23-6-8-24(9-7-23)10-11-26-15-21-30-28(22-26)18-17-27(31(30)33)16-12-25-13-19-29(32)20-14-25/h2-3,6-9,13-15,17-22H,4-5,10-12,16H2,1H3/b3-2+. The van der Waals surface area contributed by atoms with E-state index in [1.54, 1.807) is 12.1 Å². The Labute approximate surface area is 195 Å². The van der Waals surface area contributed by atoms with Crippen LogP contribution in [0.15, 0.2) is 91.0 Å². The summed E-state index contributed by atoms with van der Waals surface area (Å²) in [4.78, 5) is 0. The molecule has 0 amide bonds. The van der Waals surface area contributed by atoms with Crippen molar-refractivity contribution in [3.8, 4) is 0 Å². The van der Waals surface area contributed by atoms with Crippen molar-refractivity contribution in [1.82, 2.24) is 0 Å². The summed E-state index contributed by atoms with van der Waals surface area (Å²) in [6, 6.07) is 25.3. The maximum absolute atomic E-state index is 15.1. The molecule has 4 rings (SSSR count). The highest BCUT2D eigenvalue weighted by molar-refractivity contribution is 5.84.